The normalized spacial score (nSPS) is 42.1. The van der Waals surface area contributed by atoms with Crippen LogP contribution in [-0.4, -0.2) is 267 Å². The van der Waals surface area contributed by atoms with Crippen LogP contribution < -0.4 is 0 Å². The molecule has 0 aromatic carbocycles. The van der Waals surface area contributed by atoms with Gasteiger partial charge in [-0.2, -0.15) is 8.42 Å². The molecule has 69 heavy (non-hydrogen) atoms. The van der Waals surface area contributed by atoms with Gasteiger partial charge in [-0.15, -0.1) is 0 Å². The highest BCUT2D eigenvalue weighted by Crippen LogP contribution is 2.35. The van der Waals surface area contributed by atoms with Gasteiger partial charge in [0.05, 0.1) is 83.4 Å². The van der Waals surface area contributed by atoms with E-state index in [0.29, 0.717) is 0 Å². The Hall–Kier alpha value is -2.41. The molecule has 0 amide bonds. The molecule has 15 unspecified atom stereocenters. The number of rotatable bonds is 24. The van der Waals surface area contributed by atoms with Gasteiger partial charge in [-0.05, 0) is 38.2 Å². The first-order valence-electron chi connectivity index (χ1n) is 22.3. The minimum absolute atomic E-state index is 0.0188. The summed E-state index contributed by atoms with van der Waals surface area (Å²) in [5, 5.41) is 135. The summed E-state index contributed by atoms with van der Waals surface area (Å²) in [6.45, 7) is -2.42. The maximum absolute atomic E-state index is 12.4. The largest absolute Gasteiger partial charge is 0.479 e. The highest BCUT2D eigenvalue weighted by atomic mass is 32.3. The summed E-state index contributed by atoms with van der Waals surface area (Å²) in [7, 11) is -5.09. The number of hydrogen-bond donors (Lipinski definition) is 14. The third-order valence-corrected chi connectivity index (χ3v) is 13.5. The van der Waals surface area contributed by atoms with Gasteiger partial charge in [-0.25, -0.2) is 13.8 Å². The lowest BCUT2D eigenvalue weighted by Gasteiger charge is -2.43. The maximum atomic E-state index is 12.4. The summed E-state index contributed by atoms with van der Waals surface area (Å²) in [5.41, 5.74) is 0. The number of carboxylic acid groups (broad SMARTS) is 2. The molecule has 5 aliphatic rings. The van der Waals surface area contributed by atoms with E-state index in [1.807, 2.05) is 0 Å². The Labute approximate surface area is 395 Å². The average Bonchev–Trinajstić information content (AvgIpc) is 3.29. The summed E-state index contributed by atoms with van der Waals surface area (Å²) in [5.74, 6) is -7.24. The molecule has 0 radical (unpaired) electrons. The Kier molecular flexibility index (Phi) is 21.7. The van der Waals surface area contributed by atoms with E-state index in [0.717, 1.165) is 6.08 Å². The van der Waals surface area contributed by atoms with Crippen LogP contribution in [0.2, 0.25) is 0 Å². The van der Waals surface area contributed by atoms with Crippen LogP contribution in [0.3, 0.4) is 0 Å². The first-order chi connectivity index (χ1) is 32.6. The van der Waals surface area contributed by atoms with Crippen molar-refractivity contribution in [2.75, 3.05) is 66.1 Å². The molecule has 4 fully saturated rings. The minimum atomic E-state index is -5.09. The number of hydrogen-bond acceptors (Lipinski definition) is 25. The van der Waals surface area contributed by atoms with E-state index in [-0.39, 0.29) is 52.3 Å². The fourth-order valence-electron chi connectivity index (χ4n) is 9.11. The second-order valence-electron chi connectivity index (χ2n) is 17.7. The number of aliphatic carboxylic acids is 2. The second kappa shape index (κ2) is 26.0. The molecule has 0 saturated carbocycles. The summed E-state index contributed by atoms with van der Waals surface area (Å²) in [4.78, 5) is 23.7. The van der Waals surface area contributed by atoms with Crippen LogP contribution in [-0.2, 0) is 66.8 Å². The molecule has 0 aromatic heterocycles. The summed E-state index contributed by atoms with van der Waals surface area (Å²) in [6, 6.07) is 0. The fraction of sp³-hybridized carbons (Fsp3) is 0.900. The Bertz CT molecular complexity index is 1760. The molecule has 0 spiro atoms. The first-order valence-corrected chi connectivity index (χ1v) is 23.7. The molecule has 5 rings (SSSR count). The van der Waals surface area contributed by atoms with Crippen molar-refractivity contribution in [3.8, 4) is 0 Å². The second-order valence-corrected chi connectivity index (χ2v) is 18.8. The maximum Gasteiger partial charge on any atom is 0.397 e. The van der Waals surface area contributed by atoms with E-state index in [1.165, 1.54) is 6.92 Å². The zero-order valence-corrected chi connectivity index (χ0v) is 38.2. The van der Waals surface area contributed by atoms with Crippen molar-refractivity contribution >= 4 is 22.3 Å². The summed E-state index contributed by atoms with van der Waals surface area (Å²) < 4.78 is 86.6. The third-order valence-electron chi connectivity index (χ3n) is 13.1. The standard InChI is InChI=1S/C40H66O28S/c1-16-30(45)37(68-69(56,57)58)35(50)29(63-16)15-61-10-19-18(40(55)67-25(9-42)31(19)46)3-5-60-14-28-34(49)32(47)20(36(66-28)39(53)54)11-62-12-26-17(6-21(43)24(8-41)65-26)2-4-59-13-27-33(48)22(44)7-23(64-27)38(51)52/h7,16-22,24-37,40-50,55H,2-6,8-15H2,1H3,(H,51,52)(H,53,54)(H,56,57,58)/t16?,17?,18?,19?,20-,21-,22?,24?,25?,26+,27?,28+,29+,30+,31-,32?,33?,34?,35?,36?,37?,40?/m1/s1. The molecule has 14 N–H and O–H groups in total. The van der Waals surface area contributed by atoms with E-state index in [4.69, 9.17) is 47.2 Å². The average molecular weight is 1030 g/mol. The van der Waals surface area contributed by atoms with Gasteiger partial charge in [0.25, 0.3) is 0 Å². The predicted molar refractivity (Wildman–Crippen MR) is 220 cm³/mol. The van der Waals surface area contributed by atoms with Crippen LogP contribution in [0, 0.1) is 23.7 Å². The summed E-state index contributed by atoms with van der Waals surface area (Å²) >= 11 is 0. The van der Waals surface area contributed by atoms with Crippen molar-refractivity contribution in [2.24, 2.45) is 23.7 Å². The quantitative estimate of drug-likeness (QED) is 0.0316. The Morgan fingerprint density at radius 3 is 1.84 bits per heavy atom. The van der Waals surface area contributed by atoms with Crippen LogP contribution in [0.4, 0.5) is 0 Å². The molecular formula is C40H66O28S. The number of carboxylic acids is 2. The van der Waals surface area contributed by atoms with Crippen molar-refractivity contribution in [2.45, 2.75) is 136 Å². The van der Waals surface area contributed by atoms with Gasteiger partial charge in [0.15, 0.2) is 18.5 Å². The van der Waals surface area contributed by atoms with Crippen LogP contribution >= 0.6 is 0 Å². The van der Waals surface area contributed by atoms with Gasteiger partial charge in [0, 0.05) is 31.0 Å². The van der Waals surface area contributed by atoms with E-state index in [1.54, 1.807) is 0 Å². The fourth-order valence-corrected chi connectivity index (χ4v) is 9.61. The lowest BCUT2D eigenvalue weighted by molar-refractivity contribution is -0.268. The Balaban J connectivity index is 1.11. The molecular weight excluding hydrogens is 960 g/mol. The van der Waals surface area contributed by atoms with Crippen LogP contribution in [0.5, 0.6) is 0 Å². The van der Waals surface area contributed by atoms with Gasteiger partial charge in [0.2, 0.25) is 5.76 Å². The highest BCUT2D eigenvalue weighted by Gasteiger charge is 2.50. The number of aliphatic hydroxyl groups is 11. The van der Waals surface area contributed by atoms with Crippen molar-refractivity contribution in [1.82, 2.24) is 0 Å². The van der Waals surface area contributed by atoms with Crippen molar-refractivity contribution in [3.63, 3.8) is 0 Å². The number of ether oxygens (including phenoxy) is 9. The Morgan fingerprint density at radius 2 is 1.22 bits per heavy atom. The smallest absolute Gasteiger partial charge is 0.397 e. The molecule has 22 atom stereocenters. The van der Waals surface area contributed by atoms with E-state index < -0.39 is 195 Å². The van der Waals surface area contributed by atoms with Crippen molar-refractivity contribution in [3.05, 3.63) is 11.8 Å². The van der Waals surface area contributed by atoms with Gasteiger partial charge in [-0.1, -0.05) is 0 Å². The highest BCUT2D eigenvalue weighted by molar-refractivity contribution is 7.80. The van der Waals surface area contributed by atoms with E-state index in [9.17, 15) is 84.4 Å². The minimum Gasteiger partial charge on any atom is -0.479 e. The monoisotopic (exact) mass is 1030 g/mol. The zero-order chi connectivity index (χ0) is 50.9. The van der Waals surface area contributed by atoms with Gasteiger partial charge in [0.1, 0.15) is 61.0 Å². The topological polar surface area (TPSA) is 444 Å². The molecule has 29 heteroatoms. The molecule has 0 aromatic rings. The van der Waals surface area contributed by atoms with Crippen LogP contribution in [0.1, 0.15) is 26.2 Å². The lowest BCUT2D eigenvalue weighted by atomic mass is 9.81. The SMILES string of the molecule is CC1O[C@@H](COCC2C(CCOC[C@@H]3OC(C(=O)O)[C@H](COC[C@@H]4OC(CO)[C@H](O)CC4CCOCC4OC(C(=O)O)=CC(O)C4O)C(O)C3O)C(O)OC(CO)[C@@H]2O)C(O)C(OS(=O)(=O)O)[C@H]1O. The van der Waals surface area contributed by atoms with Gasteiger partial charge < -0.3 is 109 Å². The zero-order valence-electron chi connectivity index (χ0n) is 37.4. The molecule has 400 valence electrons. The molecule has 0 aliphatic carbocycles. The van der Waals surface area contributed by atoms with Gasteiger partial charge in [-0.3, -0.25) is 4.55 Å². The van der Waals surface area contributed by atoms with Crippen LogP contribution in [0.25, 0.3) is 0 Å². The molecule has 28 nitrogen and oxygen atoms in total. The molecule has 0 bridgehead atoms. The Morgan fingerprint density at radius 1 is 0.623 bits per heavy atom. The van der Waals surface area contributed by atoms with Crippen LogP contribution in [0.15, 0.2) is 11.8 Å². The van der Waals surface area contributed by atoms with Crippen molar-refractivity contribution in [1.29, 1.82) is 0 Å². The van der Waals surface area contributed by atoms with E-state index >= 15 is 0 Å². The number of carbonyl (C=O) groups is 2. The lowest BCUT2D eigenvalue weighted by Crippen LogP contribution is -2.59. The van der Waals surface area contributed by atoms with E-state index in [2.05, 4.69) is 4.18 Å². The first kappa shape index (κ1) is 57.5. The van der Waals surface area contributed by atoms with Gasteiger partial charge >= 0.3 is 22.3 Å². The molecule has 4 saturated heterocycles. The summed E-state index contributed by atoms with van der Waals surface area (Å²) in [6.07, 6.45) is -24.4. The number of aliphatic hydroxyl groups excluding tert-OH is 11. The molecule has 5 heterocycles. The predicted octanol–water partition coefficient (Wildman–Crippen LogP) is -6.76. The molecule has 5 aliphatic heterocycles. The third kappa shape index (κ3) is 15.1. The van der Waals surface area contributed by atoms with Crippen molar-refractivity contribution < 1.29 is 136 Å².